The smallest absolute Gasteiger partial charge is 0.305 e. The van der Waals surface area contributed by atoms with Gasteiger partial charge in [0, 0.05) is 6.42 Å². The van der Waals surface area contributed by atoms with Gasteiger partial charge in [0.25, 0.3) is 0 Å². The minimum Gasteiger partial charge on any atom is -0.463 e. The molecule has 1 atom stereocenters. The van der Waals surface area contributed by atoms with Gasteiger partial charge in [-0.05, 0) is 13.3 Å². The quantitative estimate of drug-likeness (QED) is 0.490. The van der Waals surface area contributed by atoms with Crippen molar-refractivity contribution in [1.82, 2.24) is 0 Å². The second-order valence-electron chi connectivity index (χ2n) is 3.34. The molecule has 3 nitrogen and oxygen atoms in total. The van der Waals surface area contributed by atoms with Crippen molar-refractivity contribution in [3.05, 3.63) is 0 Å². The van der Waals surface area contributed by atoms with Gasteiger partial charge >= 0.3 is 5.97 Å². The first-order valence-electron chi connectivity index (χ1n) is 5.00. The molecule has 0 aromatic rings. The van der Waals surface area contributed by atoms with E-state index >= 15 is 0 Å². The predicted molar refractivity (Wildman–Crippen MR) is 51.4 cm³/mol. The zero-order valence-corrected chi connectivity index (χ0v) is 8.58. The molecule has 3 heteroatoms. The fourth-order valence-corrected chi connectivity index (χ4v) is 0.982. The van der Waals surface area contributed by atoms with E-state index < -0.39 is 6.10 Å². The summed E-state index contributed by atoms with van der Waals surface area (Å²) < 4.78 is 4.79. The lowest BCUT2D eigenvalue weighted by Crippen LogP contribution is -2.14. The van der Waals surface area contributed by atoms with Crippen LogP contribution in [0.2, 0.25) is 0 Å². The Labute approximate surface area is 80.1 Å². The fourth-order valence-electron chi connectivity index (χ4n) is 0.982. The summed E-state index contributed by atoms with van der Waals surface area (Å²) in [5, 5.41) is 8.83. The molecule has 78 valence electrons. The van der Waals surface area contributed by atoms with Crippen molar-refractivity contribution in [1.29, 1.82) is 0 Å². The average Bonchev–Trinajstić information content (AvgIpc) is 2.09. The lowest BCUT2D eigenvalue weighted by Gasteiger charge is -2.05. The largest absolute Gasteiger partial charge is 0.463 e. The molecule has 0 aliphatic rings. The van der Waals surface area contributed by atoms with E-state index in [1.807, 2.05) is 0 Å². The van der Waals surface area contributed by atoms with Crippen molar-refractivity contribution in [2.24, 2.45) is 0 Å². The van der Waals surface area contributed by atoms with Crippen molar-refractivity contribution < 1.29 is 14.6 Å². The van der Waals surface area contributed by atoms with Crippen LogP contribution in [0.5, 0.6) is 0 Å². The van der Waals surface area contributed by atoms with Gasteiger partial charge in [-0.3, -0.25) is 4.79 Å². The minimum atomic E-state index is -0.556. The molecule has 0 radical (unpaired) electrons. The summed E-state index contributed by atoms with van der Waals surface area (Å²) >= 11 is 0. The molecule has 0 aliphatic heterocycles. The normalized spacial score (nSPS) is 12.5. The second-order valence-corrected chi connectivity index (χ2v) is 3.34. The van der Waals surface area contributed by atoms with Gasteiger partial charge in [0.2, 0.25) is 0 Å². The summed E-state index contributed by atoms with van der Waals surface area (Å²) in [6, 6.07) is 0. The summed E-state index contributed by atoms with van der Waals surface area (Å²) in [5.41, 5.74) is 0. The molecular formula is C10H20O3. The third-order valence-corrected chi connectivity index (χ3v) is 1.72. The molecule has 0 aromatic heterocycles. The molecule has 0 spiro atoms. The van der Waals surface area contributed by atoms with Crippen LogP contribution >= 0.6 is 0 Å². The van der Waals surface area contributed by atoms with Crippen LogP contribution in [0, 0.1) is 0 Å². The zero-order valence-electron chi connectivity index (χ0n) is 8.58. The Bertz CT molecular complexity index is 132. The third-order valence-electron chi connectivity index (χ3n) is 1.72. The Morgan fingerprint density at radius 2 is 2.08 bits per heavy atom. The summed E-state index contributed by atoms with van der Waals surface area (Å²) in [7, 11) is 0. The van der Waals surface area contributed by atoms with Gasteiger partial charge in [-0.15, -0.1) is 0 Å². The lowest BCUT2D eigenvalue weighted by atomic mass is 10.2. The van der Waals surface area contributed by atoms with E-state index in [0.29, 0.717) is 6.42 Å². The number of unbranched alkanes of at least 4 members (excludes halogenated alkanes) is 3. The number of hydrogen-bond donors (Lipinski definition) is 1. The van der Waals surface area contributed by atoms with Crippen molar-refractivity contribution in [2.75, 3.05) is 6.61 Å². The maximum absolute atomic E-state index is 11.0. The summed E-state index contributed by atoms with van der Waals surface area (Å²) in [6.45, 7) is 3.85. The molecule has 0 fully saturated rings. The van der Waals surface area contributed by atoms with E-state index in [2.05, 4.69) is 6.92 Å². The van der Waals surface area contributed by atoms with Crippen LogP contribution in [0.4, 0.5) is 0 Å². The molecule has 0 saturated heterocycles. The summed E-state index contributed by atoms with van der Waals surface area (Å²) in [5.74, 6) is -0.197. The predicted octanol–water partition coefficient (Wildman–Crippen LogP) is 1.88. The number of aliphatic hydroxyl groups excluding tert-OH is 1. The second kappa shape index (κ2) is 8.05. The standard InChI is InChI=1S/C10H20O3/c1-3-4-5-6-7-10(12)13-8-9(2)11/h9,11H,3-8H2,1-2H3/t9-/m1/s1. The molecule has 1 N–H and O–H groups in total. The molecule has 0 aromatic carbocycles. The van der Waals surface area contributed by atoms with Gasteiger partial charge in [-0.1, -0.05) is 26.2 Å². The fraction of sp³-hybridized carbons (Fsp3) is 0.900. The number of carbonyl (C=O) groups is 1. The first-order chi connectivity index (χ1) is 6.16. The minimum absolute atomic E-state index is 0.118. The molecule has 0 bridgehead atoms. The van der Waals surface area contributed by atoms with E-state index in [1.165, 1.54) is 12.8 Å². The van der Waals surface area contributed by atoms with Gasteiger partial charge in [0.1, 0.15) is 6.61 Å². The highest BCUT2D eigenvalue weighted by Gasteiger charge is 2.03. The van der Waals surface area contributed by atoms with Gasteiger partial charge in [0.15, 0.2) is 0 Å². The molecule has 0 unspecified atom stereocenters. The molecule has 0 rings (SSSR count). The van der Waals surface area contributed by atoms with Crippen LogP contribution in [-0.2, 0) is 9.53 Å². The first-order valence-corrected chi connectivity index (χ1v) is 5.00. The molecule has 0 heterocycles. The SMILES string of the molecule is CCCCCCC(=O)OC[C@@H](C)O. The van der Waals surface area contributed by atoms with Crippen LogP contribution in [0.25, 0.3) is 0 Å². The monoisotopic (exact) mass is 188 g/mol. The van der Waals surface area contributed by atoms with Crippen LogP contribution in [0.1, 0.15) is 46.0 Å². The average molecular weight is 188 g/mol. The maximum atomic E-state index is 11.0. The van der Waals surface area contributed by atoms with E-state index in [1.54, 1.807) is 6.92 Å². The zero-order chi connectivity index (χ0) is 10.1. The number of esters is 1. The van der Waals surface area contributed by atoms with Crippen molar-refractivity contribution >= 4 is 5.97 Å². The van der Waals surface area contributed by atoms with Crippen LogP contribution in [0.15, 0.2) is 0 Å². The molecule has 0 amide bonds. The molecule has 0 saturated carbocycles. The van der Waals surface area contributed by atoms with E-state index in [9.17, 15) is 4.79 Å². The molecule has 0 aliphatic carbocycles. The van der Waals surface area contributed by atoms with E-state index in [0.717, 1.165) is 12.8 Å². The number of hydrogen-bond acceptors (Lipinski definition) is 3. The molecule has 13 heavy (non-hydrogen) atoms. The van der Waals surface area contributed by atoms with Crippen LogP contribution in [-0.4, -0.2) is 23.8 Å². The number of rotatable bonds is 7. The van der Waals surface area contributed by atoms with Gasteiger partial charge in [0.05, 0.1) is 6.10 Å². The Morgan fingerprint density at radius 1 is 1.38 bits per heavy atom. The molecular weight excluding hydrogens is 168 g/mol. The Balaban J connectivity index is 3.20. The van der Waals surface area contributed by atoms with E-state index in [4.69, 9.17) is 9.84 Å². The maximum Gasteiger partial charge on any atom is 0.305 e. The number of aliphatic hydroxyl groups is 1. The van der Waals surface area contributed by atoms with Crippen LogP contribution < -0.4 is 0 Å². The Kier molecular flexibility index (Phi) is 7.69. The Morgan fingerprint density at radius 3 is 2.62 bits per heavy atom. The highest BCUT2D eigenvalue weighted by atomic mass is 16.5. The van der Waals surface area contributed by atoms with Gasteiger partial charge in [-0.2, -0.15) is 0 Å². The van der Waals surface area contributed by atoms with Crippen molar-refractivity contribution in [3.63, 3.8) is 0 Å². The highest BCUT2D eigenvalue weighted by Crippen LogP contribution is 2.03. The Hall–Kier alpha value is -0.570. The third kappa shape index (κ3) is 9.34. The number of ether oxygens (including phenoxy) is 1. The van der Waals surface area contributed by atoms with E-state index in [-0.39, 0.29) is 12.6 Å². The topological polar surface area (TPSA) is 46.5 Å². The highest BCUT2D eigenvalue weighted by molar-refractivity contribution is 5.69. The summed E-state index contributed by atoms with van der Waals surface area (Å²) in [6.07, 6.45) is 4.24. The van der Waals surface area contributed by atoms with Crippen molar-refractivity contribution in [2.45, 2.75) is 52.1 Å². The van der Waals surface area contributed by atoms with Gasteiger partial charge < -0.3 is 9.84 Å². The van der Waals surface area contributed by atoms with Crippen molar-refractivity contribution in [3.8, 4) is 0 Å². The van der Waals surface area contributed by atoms with Crippen LogP contribution in [0.3, 0.4) is 0 Å². The first kappa shape index (κ1) is 12.4. The lowest BCUT2D eigenvalue weighted by molar-refractivity contribution is -0.146. The number of carbonyl (C=O) groups excluding carboxylic acids is 1. The summed E-state index contributed by atoms with van der Waals surface area (Å²) in [4.78, 5) is 11.0. The van der Waals surface area contributed by atoms with Gasteiger partial charge in [-0.25, -0.2) is 0 Å².